The lowest BCUT2D eigenvalue weighted by molar-refractivity contribution is -0.145. The SMILES string of the molecule is CCOC(=O)CCC(=O)N(C)CCC#N. The molecule has 0 unspecified atom stereocenters. The van der Waals surface area contributed by atoms with E-state index in [-0.39, 0.29) is 24.7 Å². The molecule has 5 heteroatoms. The van der Waals surface area contributed by atoms with Crippen LogP contribution in [-0.2, 0) is 14.3 Å². The molecule has 0 aromatic carbocycles. The third kappa shape index (κ3) is 6.49. The van der Waals surface area contributed by atoms with Gasteiger partial charge in [-0.2, -0.15) is 5.26 Å². The molecule has 0 fully saturated rings. The van der Waals surface area contributed by atoms with Crippen LogP contribution in [0.2, 0.25) is 0 Å². The summed E-state index contributed by atoms with van der Waals surface area (Å²) in [7, 11) is 1.62. The first-order valence-corrected chi connectivity index (χ1v) is 4.88. The minimum Gasteiger partial charge on any atom is -0.466 e. The third-order valence-electron chi connectivity index (χ3n) is 1.83. The van der Waals surface area contributed by atoms with Crippen molar-refractivity contribution in [3.05, 3.63) is 0 Å². The Morgan fingerprint density at radius 3 is 2.60 bits per heavy atom. The summed E-state index contributed by atoms with van der Waals surface area (Å²) in [6, 6.07) is 1.95. The lowest BCUT2D eigenvalue weighted by Crippen LogP contribution is -2.28. The average molecular weight is 212 g/mol. The number of carbonyl (C=O) groups is 2. The molecule has 0 aromatic rings. The molecule has 0 aromatic heterocycles. The van der Waals surface area contributed by atoms with E-state index in [9.17, 15) is 9.59 Å². The van der Waals surface area contributed by atoms with Gasteiger partial charge in [0.05, 0.1) is 25.5 Å². The molecule has 84 valence electrons. The number of ether oxygens (including phenoxy) is 1. The van der Waals surface area contributed by atoms with Crippen LogP contribution in [0.25, 0.3) is 0 Å². The lowest BCUT2D eigenvalue weighted by atomic mass is 10.3. The van der Waals surface area contributed by atoms with Gasteiger partial charge in [-0.05, 0) is 6.92 Å². The summed E-state index contributed by atoms with van der Waals surface area (Å²) >= 11 is 0. The summed E-state index contributed by atoms with van der Waals surface area (Å²) in [4.78, 5) is 23.8. The molecule has 0 aliphatic carbocycles. The van der Waals surface area contributed by atoms with Crippen LogP contribution in [0, 0.1) is 11.3 Å². The Labute approximate surface area is 89.6 Å². The van der Waals surface area contributed by atoms with Crippen molar-refractivity contribution in [1.82, 2.24) is 4.90 Å². The zero-order valence-electron chi connectivity index (χ0n) is 9.15. The summed E-state index contributed by atoms with van der Waals surface area (Å²) < 4.78 is 4.69. The molecule has 0 bridgehead atoms. The van der Waals surface area contributed by atoms with E-state index in [1.54, 1.807) is 14.0 Å². The highest BCUT2D eigenvalue weighted by Gasteiger charge is 2.11. The van der Waals surface area contributed by atoms with Gasteiger partial charge in [0.15, 0.2) is 0 Å². The van der Waals surface area contributed by atoms with Crippen molar-refractivity contribution in [2.45, 2.75) is 26.2 Å². The van der Waals surface area contributed by atoms with Gasteiger partial charge in [-0.15, -0.1) is 0 Å². The van der Waals surface area contributed by atoms with E-state index in [0.717, 1.165) is 0 Å². The fraction of sp³-hybridized carbons (Fsp3) is 0.700. The van der Waals surface area contributed by atoms with Crippen molar-refractivity contribution in [2.24, 2.45) is 0 Å². The molecule has 15 heavy (non-hydrogen) atoms. The molecule has 0 N–H and O–H groups in total. The zero-order chi connectivity index (χ0) is 11.7. The van der Waals surface area contributed by atoms with Gasteiger partial charge >= 0.3 is 5.97 Å². The highest BCUT2D eigenvalue weighted by molar-refractivity contribution is 5.81. The van der Waals surface area contributed by atoms with E-state index in [2.05, 4.69) is 0 Å². The Kier molecular flexibility index (Phi) is 6.98. The van der Waals surface area contributed by atoms with E-state index >= 15 is 0 Å². The maximum absolute atomic E-state index is 11.4. The van der Waals surface area contributed by atoms with Gasteiger partial charge in [0.25, 0.3) is 0 Å². The normalized spacial score (nSPS) is 9.13. The first-order chi connectivity index (χ1) is 7.11. The van der Waals surface area contributed by atoms with Gasteiger partial charge in [-0.25, -0.2) is 0 Å². The number of hydrogen-bond acceptors (Lipinski definition) is 4. The second-order valence-corrected chi connectivity index (χ2v) is 3.03. The minimum absolute atomic E-state index is 0.101. The Balaban J connectivity index is 3.73. The Morgan fingerprint density at radius 1 is 1.40 bits per heavy atom. The lowest BCUT2D eigenvalue weighted by Gasteiger charge is -2.14. The van der Waals surface area contributed by atoms with E-state index in [1.807, 2.05) is 6.07 Å². The molecule has 0 atom stereocenters. The smallest absolute Gasteiger partial charge is 0.306 e. The summed E-state index contributed by atoms with van der Waals surface area (Å²) in [6.07, 6.45) is 0.548. The molecule has 0 radical (unpaired) electrons. The minimum atomic E-state index is -0.362. The van der Waals surface area contributed by atoms with Crippen LogP contribution in [0.3, 0.4) is 0 Å². The number of amides is 1. The third-order valence-corrected chi connectivity index (χ3v) is 1.83. The van der Waals surface area contributed by atoms with Gasteiger partial charge in [-0.3, -0.25) is 9.59 Å². The highest BCUT2D eigenvalue weighted by atomic mass is 16.5. The molecule has 5 nitrogen and oxygen atoms in total. The largest absolute Gasteiger partial charge is 0.466 e. The number of rotatable bonds is 6. The maximum Gasteiger partial charge on any atom is 0.306 e. The Morgan fingerprint density at radius 2 is 2.07 bits per heavy atom. The Hall–Kier alpha value is -1.57. The molecule has 0 aliphatic heterocycles. The number of esters is 1. The van der Waals surface area contributed by atoms with Crippen LogP contribution in [0.15, 0.2) is 0 Å². The van der Waals surface area contributed by atoms with Crippen molar-refractivity contribution < 1.29 is 14.3 Å². The molecule has 0 heterocycles. The van der Waals surface area contributed by atoms with Gasteiger partial charge in [0.2, 0.25) is 5.91 Å². The standard InChI is InChI=1S/C10H16N2O3/c1-3-15-10(14)6-5-9(13)12(2)8-4-7-11/h3-6,8H2,1-2H3. The quantitative estimate of drug-likeness (QED) is 0.608. The van der Waals surface area contributed by atoms with E-state index < -0.39 is 0 Å². The fourth-order valence-electron chi connectivity index (χ4n) is 0.975. The Bertz CT molecular complexity index is 258. The number of hydrogen-bond donors (Lipinski definition) is 0. The highest BCUT2D eigenvalue weighted by Crippen LogP contribution is 1.98. The van der Waals surface area contributed by atoms with Crippen LogP contribution in [0.1, 0.15) is 26.2 Å². The molecular weight excluding hydrogens is 196 g/mol. The van der Waals surface area contributed by atoms with Gasteiger partial charge in [0.1, 0.15) is 0 Å². The average Bonchev–Trinajstić information content (AvgIpc) is 2.22. The first kappa shape index (κ1) is 13.4. The second-order valence-electron chi connectivity index (χ2n) is 3.03. The van der Waals surface area contributed by atoms with Crippen molar-refractivity contribution in [2.75, 3.05) is 20.2 Å². The maximum atomic E-state index is 11.4. The van der Waals surface area contributed by atoms with Gasteiger partial charge < -0.3 is 9.64 Å². The number of nitriles is 1. The van der Waals surface area contributed by atoms with Crippen LogP contribution in [-0.4, -0.2) is 37.0 Å². The summed E-state index contributed by atoms with van der Waals surface area (Å²) in [5.74, 6) is -0.502. The van der Waals surface area contributed by atoms with Crippen LogP contribution in [0.4, 0.5) is 0 Å². The predicted octanol–water partition coefficient (Wildman–Crippen LogP) is 0.702. The molecule has 0 saturated heterocycles. The predicted molar refractivity (Wildman–Crippen MR) is 53.7 cm³/mol. The molecule has 0 saturated carbocycles. The topological polar surface area (TPSA) is 70.4 Å². The van der Waals surface area contributed by atoms with E-state index in [1.165, 1.54) is 4.90 Å². The van der Waals surface area contributed by atoms with Crippen LogP contribution in [0.5, 0.6) is 0 Å². The van der Waals surface area contributed by atoms with Crippen molar-refractivity contribution in [1.29, 1.82) is 5.26 Å². The zero-order valence-corrected chi connectivity index (χ0v) is 9.15. The molecular formula is C10H16N2O3. The summed E-state index contributed by atoms with van der Waals surface area (Å²) in [5, 5.41) is 8.32. The molecule has 0 spiro atoms. The van der Waals surface area contributed by atoms with Gasteiger partial charge in [-0.1, -0.05) is 0 Å². The summed E-state index contributed by atoms with van der Waals surface area (Å²) in [6.45, 7) is 2.45. The molecule has 0 rings (SSSR count). The van der Waals surface area contributed by atoms with Crippen LogP contribution < -0.4 is 0 Å². The van der Waals surface area contributed by atoms with E-state index in [0.29, 0.717) is 19.6 Å². The second kappa shape index (κ2) is 7.80. The van der Waals surface area contributed by atoms with Crippen molar-refractivity contribution in [3.8, 4) is 6.07 Å². The monoisotopic (exact) mass is 212 g/mol. The van der Waals surface area contributed by atoms with Crippen molar-refractivity contribution in [3.63, 3.8) is 0 Å². The number of nitrogens with zero attached hydrogens (tertiary/aromatic N) is 2. The van der Waals surface area contributed by atoms with Crippen molar-refractivity contribution >= 4 is 11.9 Å². The number of carbonyl (C=O) groups excluding carboxylic acids is 2. The first-order valence-electron chi connectivity index (χ1n) is 4.88. The molecule has 0 aliphatic rings. The molecule has 1 amide bonds. The fourth-order valence-corrected chi connectivity index (χ4v) is 0.975. The van der Waals surface area contributed by atoms with Crippen LogP contribution >= 0.6 is 0 Å². The van der Waals surface area contributed by atoms with Gasteiger partial charge in [0, 0.05) is 20.0 Å². The summed E-state index contributed by atoms with van der Waals surface area (Å²) in [5.41, 5.74) is 0. The van der Waals surface area contributed by atoms with E-state index in [4.69, 9.17) is 10.00 Å².